The summed E-state index contributed by atoms with van der Waals surface area (Å²) in [6.45, 7) is 11.2. The third kappa shape index (κ3) is 7.68. The van der Waals surface area contributed by atoms with E-state index < -0.39 is 0 Å². The van der Waals surface area contributed by atoms with Gasteiger partial charge in [-0.15, -0.1) is 11.3 Å². The number of carbonyl (C=O) groups excluding carboxylic acids is 1. The monoisotopic (exact) mass is 714 g/mol. The second kappa shape index (κ2) is 15.2. The maximum Gasteiger partial charge on any atom is 0.220 e. The molecule has 0 spiro atoms. The third-order valence-corrected chi connectivity index (χ3v) is 10.9. The van der Waals surface area contributed by atoms with Gasteiger partial charge in [0.15, 0.2) is 5.82 Å². The van der Waals surface area contributed by atoms with E-state index in [1.807, 2.05) is 49.6 Å². The molecule has 1 saturated heterocycles. The maximum atomic E-state index is 12.9. The summed E-state index contributed by atoms with van der Waals surface area (Å²) in [5, 5.41) is 7.82. The molecular weight excluding hydrogens is 669 g/mol. The molecule has 1 fully saturated rings. The molecule has 7 rings (SSSR count). The Hall–Kier alpha value is -5.20. The molecule has 1 aromatic carbocycles. The lowest BCUT2D eigenvalue weighted by Gasteiger charge is -2.40. The molecule has 1 unspecified atom stereocenters. The molecule has 1 atom stereocenters. The van der Waals surface area contributed by atoms with Crippen molar-refractivity contribution in [3.05, 3.63) is 101 Å². The molecule has 11 nitrogen and oxygen atoms in total. The SMILES string of the molecule is Cc1nc(NC(C)c2ccc(-c3ccccc3CN(C)C)s2)c2cc(N3CC(NC(=O)CCCn4c(-c5ccccn5)nc(C)c4C)C3)ncc2n1. The number of anilines is 2. The van der Waals surface area contributed by atoms with Crippen LogP contribution in [0.1, 0.15) is 53.5 Å². The van der Waals surface area contributed by atoms with Gasteiger partial charge in [0.05, 0.1) is 29.5 Å². The van der Waals surface area contributed by atoms with Gasteiger partial charge < -0.3 is 25.0 Å². The molecule has 268 valence electrons. The van der Waals surface area contributed by atoms with Crippen LogP contribution in [0.2, 0.25) is 0 Å². The number of nitrogens with one attached hydrogen (secondary N) is 2. The highest BCUT2D eigenvalue weighted by Crippen LogP contribution is 2.36. The number of nitrogens with zero attached hydrogens (tertiary/aromatic N) is 8. The topological polar surface area (TPSA) is 117 Å². The highest BCUT2D eigenvalue weighted by Gasteiger charge is 2.29. The summed E-state index contributed by atoms with van der Waals surface area (Å²) in [6.07, 6.45) is 4.77. The highest BCUT2D eigenvalue weighted by atomic mass is 32.1. The summed E-state index contributed by atoms with van der Waals surface area (Å²) in [5.41, 5.74) is 6.32. The zero-order valence-corrected chi connectivity index (χ0v) is 31.5. The Kier molecular flexibility index (Phi) is 10.3. The first-order valence-electron chi connectivity index (χ1n) is 17.9. The minimum absolute atomic E-state index is 0.0424. The average Bonchev–Trinajstić information content (AvgIpc) is 3.71. The summed E-state index contributed by atoms with van der Waals surface area (Å²) < 4.78 is 2.17. The zero-order valence-electron chi connectivity index (χ0n) is 30.7. The van der Waals surface area contributed by atoms with Crippen molar-refractivity contribution < 1.29 is 4.79 Å². The molecule has 1 aliphatic heterocycles. The van der Waals surface area contributed by atoms with Crippen molar-refractivity contribution in [2.24, 2.45) is 0 Å². The van der Waals surface area contributed by atoms with Crippen molar-refractivity contribution in [1.82, 2.24) is 39.7 Å². The summed E-state index contributed by atoms with van der Waals surface area (Å²) in [5.74, 6) is 3.25. The zero-order chi connectivity index (χ0) is 36.4. The number of thiophene rings is 1. The first kappa shape index (κ1) is 35.2. The van der Waals surface area contributed by atoms with Crippen molar-refractivity contribution in [2.45, 2.75) is 65.7 Å². The molecule has 6 heterocycles. The minimum Gasteiger partial charge on any atom is -0.362 e. The Bertz CT molecular complexity index is 2190. The molecule has 0 saturated carbocycles. The van der Waals surface area contributed by atoms with Crippen LogP contribution in [-0.2, 0) is 17.9 Å². The van der Waals surface area contributed by atoms with Crippen LogP contribution in [0.15, 0.2) is 73.1 Å². The highest BCUT2D eigenvalue weighted by molar-refractivity contribution is 7.15. The van der Waals surface area contributed by atoms with Crippen molar-refractivity contribution in [3.63, 3.8) is 0 Å². The van der Waals surface area contributed by atoms with Crippen LogP contribution in [0, 0.1) is 20.8 Å². The second-order valence-electron chi connectivity index (χ2n) is 13.9. The Balaban J connectivity index is 0.964. The van der Waals surface area contributed by atoms with Gasteiger partial charge in [-0.3, -0.25) is 9.78 Å². The van der Waals surface area contributed by atoms with E-state index in [0.717, 1.165) is 58.4 Å². The van der Waals surface area contributed by atoms with E-state index in [0.29, 0.717) is 31.9 Å². The fourth-order valence-electron chi connectivity index (χ4n) is 6.74. The van der Waals surface area contributed by atoms with E-state index in [1.54, 1.807) is 6.20 Å². The van der Waals surface area contributed by atoms with Crippen LogP contribution in [0.25, 0.3) is 32.9 Å². The molecule has 0 radical (unpaired) electrons. The van der Waals surface area contributed by atoms with E-state index in [9.17, 15) is 4.79 Å². The lowest BCUT2D eigenvalue weighted by molar-refractivity contribution is -0.122. The Morgan fingerprint density at radius 2 is 1.81 bits per heavy atom. The first-order chi connectivity index (χ1) is 25.1. The Morgan fingerprint density at radius 3 is 2.60 bits per heavy atom. The number of rotatable bonds is 13. The van der Waals surface area contributed by atoms with E-state index >= 15 is 0 Å². The van der Waals surface area contributed by atoms with E-state index in [2.05, 4.69) is 105 Å². The van der Waals surface area contributed by atoms with E-state index in [4.69, 9.17) is 15.0 Å². The second-order valence-corrected chi connectivity index (χ2v) is 15.0. The summed E-state index contributed by atoms with van der Waals surface area (Å²) in [7, 11) is 4.20. The van der Waals surface area contributed by atoms with Gasteiger partial charge in [-0.05, 0) is 89.7 Å². The molecule has 12 heteroatoms. The standard InChI is InChI=1S/C40H46N10OS/c1-25-27(3)50(40(44-25)33-14-9-10-18-41-33)19-11-15-38(51)47-30-23-49(24-30)37-20-32-34(21-42-37)45-28(4)46-39(32)43-26(2)35-16-17-36(52-35)31-13-8-7-12-29(31)22-48(5)6/h7-10,12-14,16-18,20-21,26,30H,11,15,19,22-24H2,1-6H3,(H,47,51)(H,43,45,46). The Morgan fingerprint density at radius 1 is 1.00 bits per heavy atom. The van der Waals surface area contributed by atoms with Crippen molar-refractivity contribution >= 4 is 39.8 Å². The molecule has 0 aliphatic carbocycles. The molecule has 0 bridgehead atoms. The number of imidazole rings is 1. The van der Waals surface area contributed by atoms with Crippen LogP contribution < -0.4 is 15.5 Å². The third-order valence-electron chi connectivity index (χ3n) is 9.56. The molecule has 1 amide bonds. The van der Waals surface area contributed by atoms with Crippen molar-refractivity contribution in [1.29, 1.82) is 0 Å². The summed E-state index contributed by atoms with van der Waals surface area (Å²) in [6, 6.07) is 21.1. The van der Waals surface area contributed by atoms with Crippen LogP contribution in [0.5, 0.6) is 0 Å². The number of pyridine rings is 2. The van der Waals surface area contributed by atoms with E-state index in [-0.39, 0.29) is 18.0 Å². The molecule has 5 aromatic heterocycles. The molecule has 6 aromatic rings. The smallest absolute Gasteiger partial charge is 0.220 e. The van der Waals surface area contributed by atoms with Gasteiger partial charge in [0.1, 0.15) is 23.2 Å². The number of benzene rings is 1. The number of carbonyl (C=O) groups is 1. The van der Waals surface area contributed by atoms with Crippen molar-refractivity contribution in [3.8, 4) is 22.0 Å². The lowest BCUT2D eigenvalue weighted by atomic mass is 10.1. The normalized spacial score (nSPS) is 13.8. The van der Waals surface area contributed by atoms with Gasteiger partial charge in [-0.25, -0.2) is 19.9 Å². The number of hydrogen-bond acceptors (Lipinski definition) is 10. The molecular formula is C40H46N10OS. The number of amides is 1. The van der Waals surface area contributed by atoms with Gasteiger partial charge in [-0.2, -0.15) is 0 Å². The van der Waals surface area contributed by atoms with Crippen LogP contribution in [0.3, 0.4) is 0 Å². The fourth-order valence-corrected chi connectivity index (χ4v) is 7.81. The molecule has 2 N–H and O–H groups in total. The number of hydrogen-bond donors (Lipinski definition) is 2. The number of aromatic nitrogens is 6. The van der Waals surface area contributed by atoms with Gasteiger partial charge in [0.2, 0.25) is 5.91 Å². The van der Waals surface area contributed by atoms with Gasteiger partial charge >= 0.3 is 0 Å². The lowest BCUT2D eigenvalue weighted by Crippen LogP contribution is -2.59. The quantitative estimate of drug-likeness (QED) is 0.131. The first-order valence-corrected chi connectivity index (χ1v) is 18.7. The van der Waals surface area contributed by atoms with E-state index in [1.165, 1.54) is 20.9 Å². The van der Waals surface area contributed by atoms with Gasteiger partial charge in [0, 0.05) is 59.6 Å². The van der Waals surface area contributed by atoms with Gasteiger partial charge in [0.25, 0.3) is 0 Å². The average molecular weight is 715 g/mol. The summed E-state index contributed by atoms with van der Waals surface area (Å²) in [4.78, 5) is 43.3. The molecule has 52 heavy (non-hydrogen) atoms. The van der Waals surface area contributed by atoms with Crippen molar-refractivity contribution in [2.75, 3.05) is 37.4 Å². The maximum absolute atomic E-state index is 12.9. The predicted octanol–water partition coefficient (Wildman–Crippen LogP) is 6.96. The van der Waals surface area contributed by atoms with Crippen LogP contribution >= 0.6 is 11.3 Å². The molecule has 1 aliphatic rings. The largest absolute Gasteiger partial charge is 0.362 e. The summed E-state index contributed by atoms with van der Waals surface area (Å²) >= 11 is 1.81. The van der Waals surface area contributed by atoms with Crippen LogP contribution in [0.4, 0.5) is 11.6 Å². The fraction of sp³-hybridized carbons (Fsp3) is 0.350. The number of fused-ring (bicyclic) bond motifs is 1. The Labute approximate surface area is 309 Å². The van der Waals surface area contributed by atoms with Gasteiger partial charge in [-0.1, -0.05) is 30.3 Å². The predicted molar refractivity (Wildman–Crippen MR) is 210 cm³/mol. The minimum atomic E-state index is 0.0424. The number of aryl methyl sites for hydroxylation is 2. The van der Waals surface area contributed by atoms with Crippen LogP contribution in [-0.4, -0.2) is 73.5 Å².